The highest BCUT2D eigenvalue weighted by atomic mass is 127. The zero-order valence-electron chi connectivity index (χ0n) is 13.2. The van der Waals surface area contributed by atoms with Gasteiger partial charge in [-0.15, -0.1) is 35.3 Å². The third kappa shape index (κ3) is 5.03. The van der Waals surface area contributed by atoms with Crippen LogP contribution < -0.4 is 10.6 Å². The molecule has 0 aromatic carbocycles. The average Bonchev–Trinajstić information content (AvgIpc) is 3.29. The van der Waals surface area contributed by atoms with Crippen LogP contribution in [0.1, 0.15) is 10.4 Å². The van der Waals surface area contributed by atoms with Gasteiger partial charge in [0.05, 0.1) is 6.54 Å². The van der Waals surface area contributed by atoms with Gasteiger partial charge in [-0.1, -0.05) is 12.1 Å². The Labute approximate surface area is 162 Å². The smallest absolute Gasteiger partial charge is 0.191 e. The fourth-order valence-corrected chi connectivity index (χ4v) is 2.70. The third-order valence-corrected chi connectivity index (χ3v) is 4.15. The molecule has 0 aliphatic carbocycles. The Morgan fingerprint density at radius 1 is 1.25 bits per heavy atom. The molecule has 0 spiro atoms. The fourth-order valence-electron chi connectivity index (χ4n) is 2.06. The number of thiophene rings is 1. The topological polar surface area (TPSA) is 67.1 Å². The molecule has 0 aliphatic heterocycles. The van der Waals surface area contributed by atoms with E-state index in [1.165, 1.54) is 4.88 Å². The number of aliphatic imine (C=N–C) groups is 1. The lowest BCUT2D eigenvalue weighted by molar-refractivity contribution is 0.811. The van der Waals surface area contributed by atoms with Crippen LogP contribution in [-0.2, 0) is 13.1 Å². The van der Waals surface area contributed by atoms with Crippen molar-refractivity contribution in [3.8, 4) is 5.82 Å². The molecule has 0 amide bonds. The lowest BCUT2D eigenvalue weighted by atomic mass is 10.3. The number of halogens is 1. The normalized spacial score (nSPS) is 11.0. The van der Waals surface area contributed by atoms with E-state index in [9.17, 15) is 0 Å². The molecular weight excluding hydrogens is 435 g/mol. The van der Waals surface area contributed by atoms with Gasteiger partial charge in [-0.2, -0.15) is 0 Å². The molecular formula is C16H19IN6S. The molecule has 0 saturated heterocycles. The van der Waals surface area contributed by atoms with Gasteiger partial charge in [0.25, 0.3) is 0 Å². The summed E-state index contributed by atoms with van der Waals surface area (Å²) in [6.45, 7) is 1.44. The summed E-state index contributed by atoms with van der Waals surface area (Å²) in [5.74, 6) is 1.63. The molecule has 3 heterocycles. The second-order valence-corrected chi connectivity index (χ2v) is 5.89. The maximum atomic E-state index is 4.44. The first-order valence-corrected chi connectivity index (χ1v) is 8.13. The van der Waals surface area contributed by atoms with Crippen LogP contribution in [0.3, 0.4) is 0 Å². The van der Waals surface area contributed by atoms with Crippen LogP contribution in [-0.4, -0.2) is 27.5 Å². The van der Waals surface area contributed by atoms with Crippen LogP contribution in [0.2, 0.25) is 0 Å². The molecule has 6 nitrogen and oxygen atoms in total. The Kier molecular flexibility index (Phi) is 7.19. The van der Waals surface area contributed by atoms with E-state index >= 15 is 0 Å². The molecule has 0 saturated carbocycles. The highest BCUT2D eigenvalue weighted by molar-refractivity contribution is 14.0. The van der Waals surface area contributed by atoms with Gasteiger partial charge in [0.2, 0.25) is 0 Å². The lowest BCUT2D eigenvalue weighted by Crippen LogP contribution is -2.36. The number of nitrogens with one attached hydrogen (secondary N) is 2. The molecule has 3 aromatic heterocycles. The molecule has 0 radical (unpaired) electrons. The van der Waals surface area contributed by atoms with E-state index in [4.69, 9.17) is 0 Å². The van der Waals surface area contributed by atoms with E-state index < -0.39 is 0 Å². The summed E-state index contributed by atoms with van der Waals surface area (Å²) in [6, 6.07) is 8.16. The van der Waals surface area contributed by atoms with Gasteiger partial charge in [0.1, 0.15) is 12.1 Å². The van der Waals surface area contributed by atoms with E-state index in [0.29, 0.717) is 6.54 Å². The second-order valence-electron chi connectivity index (χ2n) is 4.85. The summed E-state index contributed by atoms with van der Waals surface area (Å²) in [5.41, 5.74) is 1.09. The highest BCUT2D eigenvalue weighted by Gasteiger charge is 2.01. The minimum Gasteiger partial charge on any atom is -0.352 e. The molecule has 126 valence electrons. The standard InChI is InChI=1S/C16H18N6S.HI/c1-17-16(21-11-14-3-2-8-23-14)20-10-13-4-5-15(19-9-13)22-7-6-18-12-22;/h2-9,12H,10-11H2,1H3,(H2,17,20,21);1H. The summed E-state index contributed by atoms with van der Waals surface area (Å²) in [4.78, 5) is 14.0. The number of hydrogen-bond donors (Lipinski definition) is 2. The van der Waals surface area contributed by atoms with Crippen molar-refractivity contribution < 1.29 is 0 Å². The molecule has 8 heteroatoms. The fraction of sp³-hybridized carbons (Fsp3) is 0.188. The Bertz CT molecular complexity index is 737. The Morgan fingerprint density at radius 2 is 2.12 bits per heavy atom. The highest BCUT2D eigenvalue weighted by Crippen LogP contribution is 2.07. The van der Waals surface area contributed by atoms with Crippen molar-refractivity contribution in [1.82, 2.24) is 25.2 Å². The number of nitrogens with zero attached hydrogens (tertiary/aromatic N) is 4. The molecule has 0 atom stereocenters. The van der Waals surface area contributed by atoms with Gasteiger partial charge in [-0.05, 0) is 23.1 Å². The molecule has 0 aliphatic rings. The first-order chi connectivity index (χ1) is 11.3. The van der Waals surface area contributed by atoms with Gasteiger partial charge in [-0.3, -0.25) is 9.56 Å². The van der Waals surface area contributed by atoms with Crippen molar-refractivity contribution in [2.45, 2.75) is 13.1 Å². The Hall–Kier alpha value is -1.94. The number of guanidine groups is 1. The zero-order chi connectivity index (χ0) is 15.9. The Morgan fingerprint density at radius 3 is 2.75 bits per heavy atom. The van der Waals surface area contributed by atoms with Crippen LogP contribution in [0.25, 0.3) is 5.82 Å². The van der Waals surface area contributed by atoms with E-state index in [1.54, 1.807) is 30.9 Å². The quantitative estimate of drug-likeness (QED) is 0.354. The minimum absolute atomic E-state index is 0. The van der Waals surface area contributed by atoms with Crippen LogP contribution in [0.5, 0.6) is 0 Å². The van der Waals surface area contributed by atoms with E-state index in [1.807, 2.05) is 35.2 Å². The third-order valence-electron chi connectivity index (χ3n) is 3.27. The molecule has 0 fully saturated rings. The number of imidazole rings is 1. The van der Waals surface area contributed by atoms with Crippen molar-refractivity contribution >= 4 is 41.3 Å². The summed E-state index contributed by atoms with van der Waals surface area (Å²) in [6.07, 6.45) is 7.20. The van der Waals surface area contributed by atoms with Gasteiger partial charge in [0, 0.05) is 37.1 Å². The summed E-state index contributed by atoms with van der Waals surface area (Å²) in [7, 11) is 1.77. The molecule has 24 heavy (non-hydrogen) atoms. The summed E-state index contributed by atoms with van der Waals surface area (Å²) >= 11 is 1.73. The first-order valence-electron chi connectivity index (χ1n) is 7.25. The number of rotatable bonds is 5. The zero-order valence-corrected chi connectivity index (χ0v) is 16.4. The average molecular weight is 454 g/mol. The van der Waals surface area contributed by atoms with Crippen LogP contribution >= 0.6 is 35.3 Å². The summed E-state index contributed by atoms with van der Waals surface area (Å²) in [5, 5.41) is 8.65. The maximum Gasteiger partial charge on any atom is 0.191 e. The number of aromatic nitrogens is 3. The lowest BCUT2D eigenvalue weighted by Gasteiger charge is -2.11. The van der Waals surface area contributed by atoms with Crippen molar-refractivity contribution in [2.24, 2.45) is 4.99 Å². The van der Waals surface area contributed by atoms with E-state index in [-0.39, 0.29) is 24.0 Å². The van der Waals surface area contributed by atoms with Crippen molar-refractivity contribution in [1.29, 1.82) is 0 Å². The predicted molar refractivity (Wildman–Crippen MR) is 108 cm³/mol. The molecule has 2 N–H and O–H groups in total. The minimum atomic E-state index is 0. The number of hydrogen-bond acceptors (Lipinski definition) is 4. The van der Waals surface area contributed by atoms with Gasteiger partial charge in [0.15, 0.2) is 5.96 Å². The monoisotopic (exact) mass is 454 g/mol. The van der Waals surface area contributed by atoms with Crippen LogP contribution in [0.4, 0.5) is 0 Å². The van der Waals surface area contributed by atoms with Gasteiger partial charge in [-0.25, -0.2) is 9.97 Å². The molecule has 3 aromatic rings. The maximum absolute atomic E-state index is 4.44. The second kappa shape index (κ2) is 9.38. The van der Waals surface area contributed by atoms with Gasteiger partial charge < -0.3 is 10.6 Å². The van der Waals surface area contributed by atoms with Crippen molar-refractivity contribution in [2.75, 3.05) is 7.05 Å². The molecule has 0 bridgehead atoms. The molecule has 0 unspecified atom stereocenters. The van der Waals surface area contributed by atoms with Gasteiger partial charge >= 0.3 is 0 Å². The van der Waals surface area contributed by atoms with Crippen molar-refractivity contribution in [3.05, 3.63) is 65.0 Å². The van der Waals surface area contributed by atoms with E-state index in [0.717, 1.165) is 23.9 Å². The predicted octanol–water partition coefficient (Wildman–Crippen LogP) is 2.81. The van der Waals surface area contributed by atoms with Crippen LogP contribution in [0, 0.1) is 0 Å². The molecule has 3 rings (SSSR count). The Balaban J connectivity index is 0.00000208. The van der Waals surface area contributed by atoms with E-state index in [2.05, 4.69) is 37.0 Å². The van der Waals surface area contributed by atoms with Crippen molar-refractivity contribution in [3.63, 3.8) is 0 Å². The number of pyridine rings is 1. The summed E-state index contributed by atoms with van der Waals surface area (Å²) < 4.78 is 1.87. The van der Waals surface area contributed by atoms with Crippen LogP contribution in [0.15, 0.2) is 59.6 Å². The SMILES string of the molecule is CN=C(NCc1ccc(-n2ccnc2)nc1)NCc1cccs1.I. The largest absolute Gasteiger partial charge is 0.352 e. The first kappa shape index (κ1) is 18.4.